The minimum Gasteiger partial charge on any atom is -0.491 e. The monoisotopic (exact) mass is 421 g/mol. The van der Waals surface area contributed by atoms with Gasteiger partial charge in [0.25, 0.3) is 0 Å². The zero-order valence-electron chi connectivity index (χ0n) is 18.2. The lowest BCUT2D eigenvalue weighted by atomic mass is 9.78. The highest BCUT2D eigenvalue weighted by Gasteiger charge is 2.38. The summed E-state index contributed by atoms with van der Waals surface area (Å²) in [7, 11) is 1.93. The van der Waals surface area contributed by atoms with Crippen LogP contribution in [-0.2, 0) is 11.8 Å². The molecule has 3 heterocycles. The maximum absolute atomic E-state index is 10.5. The molecule has 0 amide bonds. The fourth-order valence-corrected chi connectivity index (χ4v) is 4.86. The van der Waals surface area contributed by atoms with E-state index in [4.69, 9.17) is 9.47 Å². The largest absolute Gasteiger partial charge is 0.491 e. The predicted molar refractivity (Wildman–Crippen MR) is 121 cm³/mol. The minimum atomic E-state index is -0.488. The van der Waals surface area contributed by atoms with Gasteiger partial charge in [-0.15, -0.1) is 0 Å². The summed E-state index contributed by atoms with van der Waals surface area (Å²) in [6.45, 7) is 4.87. The third-order valence-electron chi connectivity index (χ3n) is 6.86. The van der Waals surface area contributed by atoms with Gasteiger partial charge in [0.2, 0.25) is 0 Å². The molecule has 2 fully saturated rings. The second-order valence-corrected chi connectivity index (χ2v) is 9.19. The Morgan fingerprint density at radius 2 is 1.90 bits per heavy atom. The van der Waals surface area contributed by atoms with E-state index < -0.39 is 6.10 Å². The van der Waals surface area contributed by atoms with E-state index in [1.165, 1.54) is 19.3 Å². The Bertz CT molecular complexity index is 1030. The molecule has 2 aliphatic rings. The Morgan fingerprint density at radius 1 is 1.10 bits per heavy atom. The van der Waals surface area contributed by atoms with E-state index in [-0.39, 0.29) is 0 Å². The first kappa shape index (κ1) is 20.5. The van der Waals surface area contributed by atoms with Crippen LogP contribution < -0.4 is 4.74 Å². The van der Waals surface area contributed by atoms with Crippen molar-refractivity contribution in [1.29, 1.82) is 0 Å². The van der Waals surface area contributed by atoms with Crippen LogP contribution in [0.2, 0.25) is 0 Å². The third kappa shape index (κ3) is 4.61. The highest BCUT2D eigenvalue weighted by molar-refractivity contribution is 5.88. The molecule has 6 heteroatoms. The van der Waals surface area contributed by atoms with Gasteiger partial charge in [0.1, 0.15) is 18.5 Å². The average molecular weight is 422 g/mol. The lowest BCUT2D eigenvalue weighted by molar-refractivity contribution is 0.0319. The van der Waals surface area contributed by atoms with Crippen LogP contribution in [0.4, 0.5) is 0 Å². The van der Waals surface area contributed by atoms with Crippen molar-refractivity contribution in [2.24, 2.45) is 12.5 Å². The van der Waals surface area contributed by atoms with Gasteiger partial charge in [-0.2, -0.15) is 5.10 Å². The summed E-state index contributed by atoms with van der Waals surface area (Å²) in [5, 5.41) is 17.0. The lowest BCUT2D eigenvalue weighted by Gasteiger charge is -2.38. The van der Waals surface area contributed by atoms with E-state index in [9.17, 15) is 5.11 Å². The van der Waals surface area contributed by atoms with Crippen LogP contribution in [-0.4, -0.2) is 65.3 Å². The molecule has 1 spiro atoms. The molecular weight excluding hydrogens is 390 g/mol. The molecule has 0 bridgehead atoms. The number of ether oxygens (including phenoxy) is 2. The van der Waals surface area contributed by atoms with Gasteiger partial charge in [-0.3, -0.25) is 4.68 Å². The van der Waals surface area contributed by atoms with Crippen molar-refractivity contribution in [2.75, 3.05) is 39.5 Å². The molecule has 164 valence electrons. The van der Waals surface area contributed by atoms with E-state index in [0.29, 0.717) is 18.6 Å². The molecule has 6 nitrogen and oxygen atoms in total. The number of rotatable bonds is 6. The number of nitrogens with zero attached hydrogens (tertiary/aromatic N) is 3. The highest BCUT2D eigenvalue weighted by Crippen LogP contribution is 2.39. The van der Waals surface area contributed by atoms with Crippen molar-refractivity contribution in [1.82, 2.24) is 14.7 Å². The summed E-state index contributed by atoms with van der Waals surface area (Å²) in [5.74, 6) is 0.793. The Hall–Kier alpha value is -2.41. The van der Waals surface area contributed by atoms with Crippen LogP contribution in [0.1, 0.15) is 19.3 Å². The summed E-state index contributed by atoms with van der Waals surface area (Å²) in [5.41, 5.74) is 2.66. The first-order valence-corrected chi connectivity index (χ1v) is 11.2. The first-order valence-electron chi connectivity index (χ1n) is 11.2. The number of aliphatic hydroxyl groups is 1. The number of β-amino-alcohol motifs (C(OH)–C–C–N with tert-alkyl or cyclic N) is 1. The van der Waals surface area contributed by atoms with Crippen molar-refractivity contribution >= 4 is 10.8 Å². The smallest absolute Gasteiger partial charge is 0.120 e. The van der Waals surface area contributed by atoms with Gasteiger partial charge in [0.05, 0.1) is 12.8 Å². The second kappa shape index (κ2) is 8.61. The Labute approximate surface area is 183 Å². The molecule has 2 aromatic carbocycles. The summed E-state index contributed by atoms with van der Waals surface area (Å²) < 4.78 is 13.3. The average Bonchev–Trinajstić information content (AvgIpc) is 3.43. The van der Waals surface area contributed by atoms with Crippen molar-refractivity contribution in [3.05, 3.63) is 48.8 Å². The van der Waals surface area contributed by atoms with Crippen LogP contribution in [0.3, 0.4) is 0 Å². The lowest BCUT2D eigenvalue weighted by Crippen LogP contribution is -2.44. The maximum Gasteiger partial charge on any atom is 0.120 e. The van der Waals surface area contributed by atoms with Gasteiger partial charge in [-0.1, -0.05) is 18.2 Å². The van der Waals surface area contributed by atoms with E-state index in [1.807, 2.05) is 36.3 Å². The van der Waals surface area contributed by atoms with Gasteiger partial charge in [0.15, 0.2) is 0 Å². The van der Waals surface area contributed by atoms with Crippen LogP contribution >= 0.6 is 0 Å². The number of hydrogen-bond donors (Lipinski definition) is 1. The van der Waals surface area contributed by atoms with Gasteiger partial charge in [0, 0.05) is 32.0 Å². The summed E-state index contributed by atoms with van der Waals surface area (Å²) in [6, 6.07) is 12.5. The number of piperidine rings is 1. The maximum atomic E-state index is 10.5. The van der Waals surface area contributed by atoms with Crippen LogP contribution in [0.5, 0.6) is 5.75 Å². The molecular formula is C25H31N3O3. The van der Waals surface area contributed by atoms with Gasteiger partial charge in [-0.05, 0) is 72.3 Å². The standard InChI is InChI=1S/C25H31N3O3/c1-27-15-22(14-26-27)20-2-3-21-13-24(5-4-19(21)12-20)31-17-23(29)16-28-9-6-25(7-10-28)8-11-30-18-25/h2-5,12-15,23,29H,6-11,16-18H2,1H3. The molecule has 0 radical (unpaired) electrons. The summed E-state index contributed by atoms with van der Waals surface area (Å²) >= 11 is 0. The van der Waals surface area contributed by atoms with Crippen molar-refractivity contribution in [2.45, 2.75) is 25.4 Å². The van der Waals surface area contributed by atoms with Crippen molar-refractivity contribution in [3.8, 4) is 16.9 Å². The van der Waals surface area contributed by atoms with Crippen molar-refractivity contribution < 1.29 is 14.6 Å². The van der Waals surface area contributed by atoms with Gasteiger partial charge in [-0.25, -0.2) is 0 Å². The number of aryl methyl sites for hydroxylation is 1. The zero-order chi connectivity index (χ0) is 21.3. The molecule has 31 heavy (non-hydrogen) atoms. The third-order valence-corrected chi connectivity index (χ3v) is 6.86. The molecule has 5 rings (SSSR count). The second-order valence-electron chi connectivity index (χ2n) is 9.19. The van der Waals surface area contributed by atoms with E-state index in [2.05, 4.69) is 34.3 Å². The van der Waals surface area contributed by atoms with Gasteiger partial charge < -0.3 is 19.5 Å². The van der Waals surface area contributed by atoms with E-state index in [1.54, 1.807) is 0 Å². The fourth-order valence-electron chi connectivity index (χ4n) is 4.86. The molecule has 0 saturated carbocycles. The number of benzene rings is 2. The molecule has 2 saturated heterocycles. The van der Waals surface area contributed by atoms with Crippen LogP contribution in [0.25, 0.3) is 21.9 Å². The summed E-state index contributed by atoms with van der Waals surface area (Å²) in [6.07, 6.45) is 6.95. The van der Waals surface area contributed by atoms with E-state index in [0.717, 1.165) is 54.0 Å². The molecule has 1 aromatic heterocycles. The quantitative estimate of drug-likeness (QED) is 0.660. The minimum absolute atomic E-state index is 0.310. The van der Waals surface area contributed by atoms with E-state index >= 15 is 0 Å². The Morgan fingerprint density at radius 3 is 2.65 bits per heavy atom. The number of hydrogen-bond acceptors (Lipinski definition) is 5. The molecule has 3 aromatic rings. The number of fused-ring (bicyclic) bond motifs is 1. The SMILES string of the molecule is Cn1cc(-c2ccc3cc(OCC(O)CN4CCC5(CCOC5)CC4)ccc3c2)cn1. The number of likely N-dealkylation sites (tertiary alicyclic amines) is 1. The molecule has 0 aliphatic carbocycles. The van der Waals surface area contributed by atoms with Crippen molar-refractivity contribution in [3.63, 3.8) is 0 Å². The molecule has 1 unspecified atom stereocenters. The Balaban J connectivity index is 1.15. The number of aromatic nitrogens is 2. The van der Waals surface area contributed by atoms with Gasteiger partial charge >= 0.3 is 0 Å². The zero-order valence-corrected chi connectivity index (χ0v) is 18.2. The number of aliphatic hydroxyl groups excluding tert-OH is 1. The molecule has 1 atom stereocenters. The topological polar surface area (TPSA) is 59.8 Å². The highest BCUT2D eigenvalue weighted by atomic mass is 16.5. The normalized spacial score (nSPS) is 19.8. The van der Waals surface area contributed by atoms with Crippen LogP contribution in [0, 0.1) is 5.41 Å². The predicted octanol–water partition coefficient (Wildman–Crippen LogP) is 3.48. The molecule has 1 N–H and O–H groups in total. The summed E-state index contributed by atoms with van der Waals surface area (Å²) in [4.78, 5) is 2.36. The van der Waals surface area contributed by atoms with Crippen LogP contribution in [0.15, 0.2) is 48.8 Å². The Kier molecular flexibility index (Phi) is 5.69. The fraction of sp³-hybridized carbons (Fsp3) is 0.480. The first-order chi connectivity index (χ1) is 15.1. The molecule has 2 aliphatic heterocycles.